The summed E-state index contributed by atoms with van der Waals surface area (Å²) in [6.45, 7) is 5.20. The number of carboxylic acids is 1. The van der Waals surface area contributed by atoms with Crippen molar-refractivity contribution in [1.82, 2.24) is 4.90 Å². The summed E-state index contributed by atoms with van der Waals surface area (Å²) in [5.74, 6) is -2.66. The first-order valence-corrected chi connectivity index (χ1v) is 8.08. The Balaban J connectivity index is 2.31. The summed E-state index contributed by atoms with van der Waals surface area (Å²) in [5, 5.41) is 9.75. The molecule has 0 aliphatic carbocycles. The summed E-state index contributed by atoms with van der Waals surface area (Å²) >= 11 is 0. The van der Waals surface area contributed by atoms with Crippen LogP contribution < -0.4 is 0 Å². The fourth-order valence-corrected chi connectivity index (χ4v) is 2.99. The summed E-state index contributed by atoms with van der Waals surface area (Å²) in [4.78, 5) is 38.0. The second-order valence-corrected chi connectivity index (χ2v) is 7.15. The highest BCUT2D eigenvalue weighted by molar-refractivity contribution is 6.01. The van der Waals surface area contributed by atoms with Crippen molar-refractivity contribution in [2.45, 2.75) is 51.2 Å². The van der Waals surface area contributed by atoms with Gasteiger partial charge in [0.2, 0.25) is 0 Å². The Morgan fingerprint density at radius 2 is 1.92 bits per heavy atom. The van der Waals surface area contributed by atoms with Gasteiger partial charge in [0.05, 0.1) is 5.56 Å². The van der Waals surface area contributed by atoms with Crippen molar-refractivity contribution in [2.75, 3.05) is 6.54 Å². The molecular formula is C18H22FNO5. The van der Waals surface area contributed by atoms with E-state index in [9.17, 15) is 23.9 Å². The number of carboxylic acid groups (broad SMARTS) is 1. The fourth-order valence-electron chi connectivity index (χ4n) is 2.99. The molecule has 1 N–H and O–H groups in total. The van der Waals surface area contributed by atoms with Gasteiger partial charge in [0, 0.05) is 13.0 Å². The number of carbonyl (C=O) groups is 3. The molecule has 0 saturated carbocycles. The van der Waals surface area contributed by atoms with Crippen molar-refractivity contribution in [3.63, 3.8) is 0 Å². The normalized spacial score (nSPS) is 20.4. The molecule has 1 atom stereocenters. The van der Waals surface area contributed by atoms with Crippen molar-refractivity contribution in [2.24, 2.45) is 0 Å². The van der Waals surface area contributed by atoms with Crippen molar-refractivity contribution < 1.29 is 28.6 Å². The minimum Gasteiger partial charge on any atom is -0.479 e. The van der Waals surface area contributed by atoms with E-state index < -0.39 is 41.2 Å². The van der Waals surface area contributed by atoms with Crippen LogP contribution >= 0.6 is 0 Å². The number of rotatable bonds is 4. The SMILES string of the molecule is CC(C)(C)OC(=O)N1CCCC1(CC(=O)c1ccccc1F)C(=O)O. The summed E-state index contributed by atoms with van der Waals surface area (Å²) in [6, 6.07) is 5.40. The Morgan fingerprint density at radius 3 is 2.48 bits per heavy atom. The van der Waals surface area contributed by atoms with E-state index in [4.69, 9.17) is 4.74 Å². The lowest BCUT2D eigenvalue weighted by Gasteiger charge is -2.35. The highest BCUT2D eigenvalue weighted by atomic mass is 19.1. The van der Waals surface area contributed by atoms with Gasteiger partial charge in [0.15, 0.2) is 11.3 Å². The Morgan fingerprint density at radius 1 is 1.28 bits per heavy atom. The summed E-state index contributed by atoms with van der Waals surface area (Å²) < 4.78 is 19.1. The first-order chi connectivity index (χ1) is 11.6. The summed E-state index contributed by atoms with van der Waals surface area (Å²) in [5.41, 5.74) is -2.69. The zero-order valence-corrected chi connectivity index (χ0v) is 14.5. The van der Waals surface area contributed by atoms with E-state index in [1.54, 1.807) is 20.8 Å². The number of aliphatic carboxylic acids is 1. The van der Waals surface area contributed by atoms with Crippen molar-refractivity contribution >= 4 is 17.8 Å². The molecule has 1 unspecified atom stereocenters. The van der Waals surface area contributed by atoms with Gasteiger partial charge in [-0.2, -0.15) is 0 Å². The molecule has 1 aliphatic heterocycles. The Labute approximate surface area is 145 Å². The van der Waals surface area contributed by atoms with E-state index in [2.05, 4.69) is 0 Å². The molecule has 1 amide bonds. The molecule has 0 spiro atoms. The molecule has 7 heteroatoms. The van der Waals surface area contributed by atoms with Crippen LogP contribution in [0.25, 0.3) is 0 Å². The van der Waals surface area contributed by atoms with Crippen LogP contribution in [0.4, 0.5) is 9.18 Å². The van der Waals surface area contributed by atoms with Gasteiger partial charge >= 0.3 is 12.1 Å². The number of nitrogens with zero attached hydrogens (tertiary/aromatic N) is 1. The van der Waals surface area contributed by atoms with Crippen LogP contribution in [0.15, 0.2) is 24.3 Å². The average molecular weight is 351 g/mol. The van der Waals surface area contributed by atoms with Crippen molar-refractivity contribution in [1.29, 1.82) is 0 Å². The smallest absolute Gasteiger partial charge is 0.411 e. The maximum atomic E-state index is 13.8. The average Bonchev–Trinajstić information content (AvgIpc) is 2.91. The van der Waals surface area contributed by atoms with Gasteiger partial charge in [-0.25, -0.2) is 14.0 Å². The maximum absolute atomic E-state index is 13.8. The molecule has 1 aliphatic rings. The zero-order valence-electron chi connectivity index (χ0n) is 14.5. The van der Waals surface area contributed by atoms with Crippen LogP contribution in [0.2, 0.25) is 0 Å². The number of ether oxygens (including phenoxy) is 1. The largest absolute Gasteiger partial charge is 0.479 e. The van der Waals surface area contributed by atoms with Crippen LogP contribution in [0.3, 0.4) is 0 Å². The van der Waals surface area contributed by atoms with Crippen LogP contribution in [0, 0.1) is 5.82 Å². The van der Waals surface area contributed by atoms with E-state index in [0.29, 0.717) is 6.42 Å². The Hall–Kier alpha value is -2.44. The summed E-state index contributed by atoms with van der Waals surface area (Å²) in [7, 11) is 0. The quantitative estimate of drug-likeness (QED) is 0.842. The predicted molar refractivity (Wildman–Crippen MR) is 87.9 cm³/mol. The molecule has 6 nitrogen and oxygen atoms in total. The second kappa shape index (κ2) is 6.82. The molecule has 1 fully saturated rings. The maximum Gasteiger partial charge on any atom is 0.411 e. The van der Waals surface area contributed by atoms with Gasteiger partial charge in [-0.15, -0.1) is 0 Å². The van der Waals surface area contributed by atoms with Crippen LogP contribution in [0.1, 0.15) is 50.4 Å². The van der Waals surface area contributed by atoms with Crippen molar-refractivity contribution in [3.05, 3.63) is 35.6 Å². The lowest BCUT2D eigenvalue weighted by atomic mass is 9.88. The highest BCUT2D eigenvalue weighted by Crippen LogP contribution is 2.35. The molecule has 25 heavy (non-hydrogen) atoms. The number of carbonyl (C=O) groups excluding carboxylic acids is 2. The standard InChI is InChI=1S/C18H22FNO5/c1-17(2,3)25-16(24)20-10-6-9-18(20,15(22)23)11-14(21)12-7-4-5-8-13(12)19/h4-5,7-8H,6,9-11H2,1-3H3,(H,22,23). The predicted octanol–water partition coefficient (Wildman–Crippen LogP) is 3.25. The number of hydrogen-bond acceptors (Lipinski definition) is 4. The third-order valence-corrected chi connectivity index (χ3v) is 4.13. The Bertz CT molecular complexity index is 697. The minimum absolute atomic E-state index is 0.113. The molecule has 1 aromatic carbocycles. The van der Waals surface area contributed by atoms with Crippen LogP contribution in [-0.4, -0.2) is 45.5 Å². The van der Waals surface area contributed by atoms with E-state index in [-0.39, 0.29) is 18.5 Å². The molecule has 0 bridgehead atoms. The van der Waals surface area contributed by atoms with Gasteiger partial charge in [0.25, 0.3) is 0 Å². The molecule has 2 rings (SSSR count). The number of hydrogen-bond donors (Lipinski definition) is 1. The fraction of sp³-hybridized carbons (Fsp3) is 0.500. The molecule has 136 valence electrons. The third-order valence-electron chi connectivity index (χ3n) is 4.13. The van der Waals surface area contributed by atoms with E-state index >= 15 is 0 Å². The Kier molecular flexibility index (Phi) is 5.15. The lowest BCUT2D eigenvalue weighted by Crippen LogP contribution is -2.55. The van der Waals surface area contributed by atoms with Gasteiger partial charge in [0.1, 0.15) is 11.4 Å². The van der Waals surface area contributed by atoms with Gasteiger partial charge in [-0.1, -0.05) is 12.1 Å². The minimum atomic E-state index is -1.72. The van der Waals surface area contributed by atoms with Gasteiger partial charge < -0.3 is 9.84 Å². The number of benzene rings is 1. The van der Waals surface area contributed by atoms with E-state index in [1.807, 2.05) is 0 Å². The van der Waals surface area contributed by atoms with E-state index in [1.165, 1.54) is 18.2 Å². The first-order valence-electron chi connectivity index (χ1n) is 8.08. The number of ketones is 1. The molecular weight excluding hydrogens is 329 g/mol. The molecule has 1 aromatic rings. The highest BCUT2D eigenvalue weighted by Gasteiger charge is 2.52. The lowest BCUT2D eigenvalue weighted by molar-refractivity contribution is -0.149. The number of Topliss-reactive ketones (excluding diaryl/α,β-unsaturated/α-hetero) is 1. The number of likely N-dealkylation sites (tertiary alicyclic amines) is 1. The first kappa shape index (κ1) is 18.9. The van der Waals surface area contributed by atoms with Crippen molar-refractivity contribution in [3.8, 4) is 0 Å². The van der Waals surface area contributed by atoms with Gasteiger partial charge in [-0.05, 0) is 45.7 Å². The molecule has 0 aromatic heterocycles. The monoisotopic (exact) mass is 351 g/mol. The molecule has 1 heterocycles. The third kappa shape index (κ3) is 3.97. The second-order valence-electron chi connectivity index (χ2n) is 7.15. The molecule has 0 radical (unpaired) electrons. The molecule has 1 saturated heterocycles. The topological polar surface area (TPSA) is 83.9 Å². The number of halogens is 1. The zero-order chi connectivity index (χ0) is 18.8. The van der Waals surface area contributed by atoms with Crippen LogP contribution in [-0.2, 0) is 9.53 Å². The van der Waals surface area contributed by atoms with E-state index in [0.717, 1.165) is 11.0 Å². The number of amides is 1. The van der Waals surface area contributed by atoms with Crippen LogP contribution in [0.5, 0.6) is 0 Å². The summed E-state index contributed by atoms with van der Waals surface area (Å²) in [6.07, 6.45) is -0.742. The van der Waals surface area contributed by atoms with Gasteiger partial charge in [-0.3, -0.25) is 9.69 Å².